The third kappa shape index (κ3) is 3.10. The zero-order valence-corrected chi connectivity index (χ0v) is 10.1. The first-order valence-corrected chi connectivity index (χ1v) is 5.53. The molecule has 1 atom stereocenters. The van der Waals surface area contributed by atoms with E-state index in [1.54, 1.807) is 11.9 Å². The molecule has 1 unspecified atom stereocenters. The normalized spacial score (nSPS) is 12.8. The average molecular weight is 224 g/mol. The Bertz CT molecular complexity index is 320. The van der Waals surface area contributed by atoms with Gasteiger partial charge in [0.25, 0.3) is 0 Å². The SMILES string of the molecule is CC(C)C(CO)C(=O)N(C)Cc1cc[nH]c1. The van der Waals surface area contributed by atoms with Crippen LogP contribution in [0, 0.1) is 11.8 Å². The highest BCUT2D eigenvalue weighted by Crippen LogP contribution is 2.14. The lowest BCUT2D eigenvalue weighted by molar-refractivity contribution is -0.137. The summed E-state index contributed by atoms with van der Waals surface area (Å²) in [7, 11) is 1.76. The van der Waals surface area contributed by atoms with Crippen LogP contribution in [0.3, 0.4) is 0 Å². The number of nitrogens with zero attached hydrogens (tertiary/aromatic N) is 1. The van der Waals surface area contributed by atoms with Gasteiger partial charge in [-0.1, -0.05) is 13.8 Å². The van der Waals surface area contributed by atoms with Gasteiger partial charge in [-0.05, 0) is 17.5 Å². The minimum atomic E-state index is -0.302. The van der Waals surface area contributed by atoms with Crippen LogP contribution in [-0.4, -0.2) is 34.6 Å². The summed E-state index contributed by atoms with van der Waals surface area (Å²) in [5.41, 5.74) is 1.07. The van der Waals surface area contributed by atoms with E-state index in [4.69, 9.17) is 0 Å². The molecule has 4 nitrogen and oxygen atoms in total. The summed E-state index contributed by atoms with van der Waals surface area (Å²) < 4.78 is 0. The topological polar surface area (TPSA) is 56.3 Å². The summed E-state index contributed by atoms with van der Waals surface area (Å²) in [6, 6.07) is 1.94. The molecule has 0 aliphatic heterocycles. The van der Waals surface area contributed by atoms with E-state index in [9.17, 15) is 9.90 Å². The molecule has 0 bridgehead atoms. The van der Waals surface area contributed by atoms with Crippen molar-refractivity contribution in [3.63, 3.8) is 0 Å². The van der Waals surface area contributed by atoms with E-state index in [0.29, 0.717) is 6.54 Å². The number of aliphatic hydroxyl groups is 1. The Morgan fingerprint density at radius 1 is 1.56 bits per heavy atom. The number of H-pyrrole nitrogens is 1. The number of aromatic amines is 1. The van der Waals surface area contributed by atoms with Gasteiger partial charge < -0.3 is 15.0 Å². The molecule has 0 aliphatic rings. The lowest BCUT2D eigenvalue weighted by Gasteiger charge is -2.24. The fourth-order valence-corrected chi connectivity index (χ4v) is 1.67. The van der Waals surface area contributed by atoms with Gasteiger partial charge in [0.2, 0.25) is 5.91 Å². The molecule has 0 spiro atoms. The lowest BCUT2D eigenvalue weighted by Crippen LogP contribution is -2.36. The molecule has 4 heteroatoms. The van der Waals surface area contributed by atoms with Crippen molar-refractivity contribution < 1.29 is 9.90 Å². The predicted molar refractivity (Wildman–Crippen MR) is 62.7 cm³/mol. The number of nitrogens with one attached hydrogen (secondary N) is 1. The standard InChI is InChI=1S/C12H20N2O2/c1-9(2)11(8-15)12(16)14(3)7-10-4-5-13-6-10/h4-6,9,11,13,15H,7-8H2,1-3H3. The number of carbonyl (C=O) groups is 1. The fourth-order valence-electron chi connectivity index (χ4n) is 1.67. The summed E-state index contributed by atoms with van der Waals surface area (Å²) in [5, 5.41) is 9.19. The zero-order valence-electron chi connectivity index (χ0n) is 10.1. The number of aromatic nitrogens is 1. The molecule has 1 amide bonds. The van der Waals surface area contributed by atoms with E-state index >= 15 is 0 Å². The van der Waals surface area contributed by atoms with Gasteiger partial charge in [-0.3, -0.25) is 4.79 Å². The minimum absolute atomic E-state index is 0.00120. The first-order valence-electron chi connectivity index (χ1n) is 5.53. The van der Waals surface area contributed by atoms with Gasteiger partial charge in [0.15, 0.2) is 0 Å². The first-order chi connectivity index (χ1) is 7.56. The predicted octanol–water partition coefficient (Wildman–Crippen LogP) is 1.24. The van der Waals surface area contributed by atoms with E-state index < -0.39 is 0 Å². The third-order valence-electron chi connectivity index (χ3n) is 2.78. The van der Waals surface area contributed by atoms with Crippen LogP contribution in [0.25, 0.3) is 0 Å². The van der Waals surface area contributed by atoms with Crippen LogP contribution in [0.2, 0.25) is 0 Å². The zero-order chi connectivity index (χ0) is 12.1. The maximum absolute atomic E-state index is 12.0. The van der Waals surface area contributed by atoms with Crippen molar-refractivity contribution >= 4 is 5.91 Å². The second kappa shape index (κ2) is 5.70. The number of aliphatic hydroxyl groups excluding tert-OH is 1. The van der Waals surface area contributed by atoms with Gasteiger partial charge >= 0.3 is 0 Å². The summed E-state index contributed by atoms with van der Waals surface area (Å²) in [6.45, 7) is 4.38. The molecule has 0 aromatic carbocycles. The highest BCUT2D eigenvalue weighted by molar-refractivity contribution is 5.78. The van der Waals surface area contributed by atoms with Crippen LogP contribution in [0.1, 0.15) is 19.4 Å². The van der Waals surface area contributed by atoms with E-state index in [2.05, 4.69) is 4.98 Å². The molecular weight excluding hydrogens is 204 g/mol. The van der Waals surface area contributed by atoms with Crippen molar-refractivity contribution in [1.29, 1.82) is 0 Å². The number of rotatable bonds is 5. The average Bonchev–Trinajstić information content (AvgIpc) is 2.70. The van der Waals surface area contributed by atoms with E-state index in [-0.39, 0.29) is 24.3 Å². The molecule has 0 saturated heterocycles. The second-order valence-corrected chi connectivity index (χ2v) is 4.45. The van der Waals surface area contributed by atoms with Gasteiger partial charge in [0.1, 0.15) is 0 Å². The Balaban J connectivity index is 2.59. The monoisotopic (exact) mass is 224 g/mol. The summed E-state index contributed by atoms with van der Waals surface area (Å²) >= 11 is 0. The summed E-state index contributed by atoms with van der Waals surface area (Å²) in [5.74, 6) is -0.145. The largest absolute Gasteiger partial charge is 0.396 e. The van der Waals surface area contributed by atoms with Crippen LogP contribution in [0.5, 0.6) is 0 Å². The number of hydrogen-bond acceptors (Lipinski definition) is 2. The molecule has 1 heterocycles. The Kier molecular flexibility index (Phi) is 4.55. The fraction of sp³-hybridized carbons (Fsp3) is 0.583. The summed E-state index contributed by atoms with van der Waals surface area (Å²) in [4.78, 5) is 16.6. The Morgan fingerprint density at radius 3 is 2.69 bits per heavy atom. The first kappa shape index (κ1) is 12.8. The Labute approximate surface area is 96.3 Å². The molecule has 1 rings (SSSR count). The van der Waals surface area contributed by atoms with Crippen molar-refractivity contribution in [2.45, 2.75) is 20.4 Å². The molecule has 0 fully saturated rings. The molecule has 0 aliphatic carbocycles. The molecule has 1 aromatic rings. The van der Waals surface area contributed by atoms with Crippen LogP contribution in [0.15, 0.2) is 18.5 Å². The molecule has 0 saturated carbocycles. The van der Waals surface area contributed by atoms with Crippen molar-refractivity contribution in [3.05, 3.63) is 24.0 Å². The molecule has 1 aromatic heterocycles. The highest BCUT2D eigenvalue weighted by Gasteiger charge is 2.24. The third-order valence-corrected chi connectivity index (χ3v) is 2.78. The van der Waals surface area contributed by atoms with Crippen molar-refractivity contribution in [3.8, 4) is 0 Å². The van der Waals surface area contributed by atoms with Gasteiger partial charge in [0.05, 0.1) is 12.5 Å². The quantitative estimate of drug-likeness (QED) is 0.790. The number of carbonyl (C=O) groups excluding carboxylic acids is 1. The van der Waals surface area contributed by atoms with Crippen LogP contribution in [-0.2, 0) is 11.3 Å². The Hall–Kier alpha value is -1.29. The summed E-state index contributed by atoms with van der Waals surface area (Å²) in [6.07, 6.45) is 3.70. The van der Waals surface area contributed by atoms with E-state index in [1.165, 1.54) is 0 Å². The lowest BCUT2D eigenvalue weighted by atomic mass is 9.95. The van der Waals surface area contributed by atoms with Crippen molar-refractivity contribution in [1.82, 2.24) is 9.88 Å². The van der Waals surface area contributed by atoms with Gasteiger partial charge in [0, 0.05) is 26.0 Å². The van der Waals surface area contributed by atoms with Gasteiger partial charge in [-0.2, -0.15) is 0 Å². The van der Waals surface area contributed by atoms with Gasteiger partial charge in [-0.25, -0.2) is 0 Å². The van der Waals surface area contributed by atoms with Crippen LogP contribution in [0.4, 0.5) is 0 Å². The van der Waals surface area contributed by atoms with Gasteiger partial charge in [-0.15, -0.1) is 0 Å². The van der Waals surface area contributed by atoms with E-state index in [1.807, 2.05) is 32.3 Å². The maximum Gasteiger partial charge on any atom is 0.228 e. The van der Waals surface area contributed by atoms with E-state index in [0.717, 1.165) is 5.56 Å². The smallest absolute Gasteiger partial charge is 0.228 e. The number of hydrogen-bond donors (Lipinski definition) is 2. The Morgan fingerprint density at radius 2 is 2.25 bits per heavy atom. The van der Waals surface area contributed by atoms with Crippen LogP contribution < -0.4 is 0 Å². The molecular formula is C12H20N2O2. The van der Waals surface area contributed by atoms with Crippen LogP contribution >= 0.6 is 0 Å². The minimum Gasteiger partial charge on any atom is -0.396 e. The number of amides is 1. The maximum atomic E-state index is 12.0. The molecule has 90 valence electrons. The highest BCUT2D eigenvalue weighted by atomic mass is 16.3. The molecule has 16 heavy (non-hydrogen) atoms. The van der Waals surface area contributed by atoms with Crippen molar-refractivity contribution in [2.75, 3.05) is 13.7 Å². The molecule has 0 radical (unpaired) electrons. The second-order valence-electron chi connectivity index (χ2n) is 4.45. The molecule has 2 N–H and O–H groups in total. The van der Waals surface area contributed by atoms with Crippen molar-refractivity contribution in [2.24, 2.45) is 11.8 Å².